The summed E-state index contributed by atoms with van der Waals surface area (Å²) < 4.78 is 10.6. The first kappa shape index (κ1) is 17.7. The molecule has 1 aliphatic heterocycles. The second-order valence-electron chi connectivity index (χ2n) is 5.77. The molecule has 2 amide bonds. The monoisotopic (exact) mass is 353 g/mol. The van der Waals surface area contributed by atoms with Crippen LogP contribution in [0.3, 0.4) is 0 Å². The van der Waals surface area contributed by atoms with Gasteiger partial charge in [0.1, 0.15) is 5.75 Å². The van der Waals surface area contributed by atoms with E-state index >= 15 is 0 Å². The van der Waals surface area contributed by atoms with Crippen LogP contribution in [0.15, 0.2) is 48.5 Å². The van der Waals surface area contributed by atoms with Crippen molar-refractivity contribution in [3.8, 4) is 5.75 Å². The smallest absolute Gasteiger partial charge is 0.307 e. The fourth-order valence-corrected chi connectivity index (χ4v) is 2.81. The van der Waals surface area contributed by atoms with E-state index < -0.39 is 17.8 Å². The second kappa shape index (κ2) is 7.82. The lowest BCUT2D eigenvalue weighted by molar-refractivity contribution is -0.146. The van der Waals surface area contributed by atoms with E-state index in [4.69, 9.17) is 9.47 Å². The quantitative estimate of drug-likeness (QED) is 0.565. The van der Waals surface area contributed by atoms with Crippen LogP contribution in [0.1, 0.15) is 39.6 Å². The molecule has 0 aromatic heterocycles. The highest BCUT2D eigenvalue weighted by molar-refractivity contribution is 6.21. The third-order valence-corrected chi connectivity index (χ3v) is 4.10. The minimum absolute atomic E-state index is 0.132. The lowest BCUT2D eigenvalue weighted by Crippen LogP contribution is -2.33. The molecule has 1 aliphatic rings. The topological polar surface area (TPSA) is 72.9 Å². The zero-order valence-electron chi connectivity index (χ0n) is 14.4. The summed E-state index contributed by atoms with van der Waals surface area (Å²) in [6.45, 7) is 2.06. The van der Waals surface area contributed by atoms with E-state index in [9.17, 15) is 14.4 Å². The zero-order chi connectivity index (χ0) is 18.5. The van der Waals surface area contributed by atoms with Crippen LogP contribution in [0.5, 0.6) is 5.75 Å². The SMILES string of the molecule is CCOc1ccccc1CCC(=O)OCN1C(=O)c2ccccc2C1=O. The number of benzene rings is 2. The zero-order valence-corrected chi connectivity index (χ0v) is 14.4. The summed E-state index contributed by atoms with van der Waals surface area (Å²) in [6.07, 6.45) is 0.588. The molecule has 2 aromatic rings. The van der Waals surface area contributed by atoms with Gasteiger partial charge in [-0.15, -0.1) is 0 Å². The Morgan fingerprint density at radius 1 is 0.962 bits per heavy atom. The lowest BCUT2D eigenvalue weighted by atomic mass is 10.1. The van der Waals surface area contributed by atoms with Gasteiger partial charge in [-0.2, -0.15) is 0 Å². The van der Waals surface area contributed by atoms with Crippen molar-refractivity contribution < 1.29 is 23.9 Å². The highest BCUT2D eigenvalue weighted by atomic mass is 16.5. The highest BCUT2D eigenvalue weighted by Crippen LogP contribution is 2.23. The summed E-state index contributed by atoms with van der Waals surface area (Å²) in [5, 5.41) is 0. The van der Waals surface area contributed by atoms with Crippen LogP contribution >= 0.6 is 0 Å². The molecule has 3 rings (SSSR count). The van der Waals surface area contributed by atoms with Gasteiger partial charge in [0.15, 0.2) is 6.73 Å². The van der Waals surface area contributed by atoms with Crippen LogP contribution in [0.2, 0.25) is 0 Å². The third kappa shape index (κ3) is 3.59. The van der Waals surface area contributed by atoms with Gasteiger partial charge in [0.25, 0.3) is 11.8 Å². The van der Waals surface area contributed by atoms with Gasteiger partial charge < -0.3 is 9.47 Å². The largest absolute Gasteiger partial charge is 0.494 e. The molecule has 2 aromatic carbocycles. The molecule has 0 atom stereocenters. The minimum atomic E-state index is -0.479. The first-order valence-corrected chi connectivity index (χ1v) is 8.43. The first-order chi connectivity index (χ1) is 12.6. The van der Waals surface area contributed by atoms with Gasteiger partial charge in [0.05, 0.1) is 17.7 Å². The van der Waals surface area contributed by atoms with Crippen LogP contribution < -0.4 is 4.74 Å². The van der Waals surface area contributed by atoms with Crippen molar-refractivity contribution in [3.05, 3.63) is 65.2 Å². The molecule has 0 aliphatic carbocycles. The molecule has 0 N–H and O–H groups in total. The Kier molecular flexibility index (Phi) is 5.31. The van der Waals surface area contributed by atoms with Gasteiger partial charge in [0, 0.05) is 6.42 Å². The summed E-state index contributed by atoms with van der Waals surface area (Å²) in [6, 6.07) is 14.0. The minimum Gasteiger partial charge on any atom is -0.494 e. The van der Waals surface area contributed by atoms with Crippen LogP contribution in [-0.4, -0.2) is 36.0 Å². The molecule has 6 heteroatoms. The summed E-state index contributed by atoms with van der Waals surface area (Å²) in [7, 11) is 0. The number of carbonyl (C=O) groups excluding carboxylic acids is 3. The Morgan fingerprint density at radius 2 is 1.58 bits per heavy atom. The van der Waals surface area contributed by atoms with Gasteiger partial charge in [0.2, 0.25) is 0 Å². The number of imide groups is 1. The van der Waals surface area contributed by atoms with E-state index in [1.165, 1.54) is 0 Å². The normalized spacial score (nSPS) is 12.9. The fourth-order valence-electron chi connectivity index (χ4n) is 2.81. The Hall–Kier alpha value is -3.15. The maximum atomic E-state index is 12.2. The Labute approximate surface area is 151 Å². The number of nitrogens with zero attached hydrogens (tertiary/aromatic N) is 1. The molecule has 0 fully saturated rings. The number of hydrogen-bond acceptors (Lipinski definition) is 5. The Morgan fingerprint density at radius 3 is 2.23 bits per heavy atom. The highest BCUT2D eigenvalue weighted by Gasteiger charge is 2.35. The number of aryl methyl sites for hydroxylation is 1. The number of rotatable bonds is 7. The van der Waals surface area contributed by atoms with Crippen molar-refractivity contribution in [2.45, 2.75) is 19.8 Å². The van der Waals surface area contributed by atoms with E-state index in [2.05, 4.69) is 0 Å². The van der Waals surface area contributed by atoms with Gasteiger partial charge in [-0.1, -0.05) is 30.3 Å². The van der Waals surface area contributed by atoms with E-state index in [-0.39, 0.29) is 13.2 Å². The maximum absolute atomic E-state index is 12.2. The summed E-state index contributed by atoms with van der Waals surface area (Å²) >= 11 is 0. The molecule has 1 heterocycles. The Balaban J connectivity index is 1.54. The second-order valence-corrected chi connectivity index (χ2v) is 5.77. The van der Waals surface area contributed by atoms with Gasteiger partial charge in [-0.25, -0.2) is 4.90 Å². The van der Waals surface area contributed by atoms with E-state index in [1.54, 1.807) is 24.3 Å². The average molecular weight is 353 g/mol. The molecule has 26 heavy (non-hydrogen) atoms. The molecule has 0 spiro atoms. The number of fused-ring (bicyclic) bond motifs is 1. The van der Waals surface area contributed by atoms with Gasteiger partial charge in [-0.3, -0.25) is 14.4 Å². The summed E-state index contributed by atoms with van der Waals surface area (Å²) in [5.74, 6) is -0.629. The van der Waals surface area contributed by atoms with Crippen LogP contribution in [0.4, 0.5) is 0 Å². The predicted molar refractivity (Wildman–Crippen MR) is 93.8 cm³/mol. The molecule has 0 unspecified atom stereocenters. The van der Waals surface area contributed by atoms with Crippen LogP contribution in [0.25, 0.3) is 0 Å². The number of esters is 1. The van der Waals surface area contributed by atoms with Crippen molar-refractivity contribution in [1.29, 1.82) is 0 Å². The lowest BCUT2D eigenvalue weighted by Gasteiger charge is -2.14. The Bertz CT molecular complexity index is 811. The molecular weight excluding hydrogens is 334 g/mol. The van der Waals surface area contributed by atoms with Crippen molar-refractivity contribution in [2.24, 2.45) is 0 Å². The molecule has 0 saturated heterocycles. The number of para-hydroxylation sites is 1. The molecular formula is C20H19NO5. The van der Waals surface area contributed by atoms with Crippen molar-refractivity contribution >= 4 is 17.8 Å². The van der Waals surface area contributed by atoms with Gasteiger partial charge in [-0.05, 0) is 37.1 Å². The fraction of sp³-hybridized carbons (Fsp3) is 0.250. The van der Waals surface area contributed by atoms with Crippen LogP contribution in [-0.2, 0) is 16.0 Å². The maximum Gasteiger partial charge on any atom is 0.307 e. The number of carbonyl (C=O) groups is 3. The molecule has 0 radical (unpaired) electrons. The number of hydrogen-bond donors (Lipinski definition) is 0. The van der Waals surface area contributed by atoms with Crippen molar-refractivity contribution in [2.75, 3.05) is 13.3 Å². The van der Waals surface area contributed by atoms with Crippen molar-refractivity contribution in [1.82, 2.24) is 4.90 Å². The van der Waals surface area contributed by atoms with E-state index in [0.717, 1.165) is 16.2 Å². The summed E-state index contributed by atoms with van der Waals surface area (Å²) in [5.41, 5.74) is 1.57. The first-order valence-electron chi connectivity index (χ1n) is 8.43. The van der Waals surface area contributed by atoms with Gasteiger partial charge >= 0.3 is 5.97 Å². The molecule has 134 valence electrons. The summed E-state index contributed by atoms with van der Waals surface area (Å²) in [4.78, 5) is 37.4. The molecule has 6 nitrogen and oxygen atoms in total. The number of ether oxygens (including phenoxy) is 2. The van der Waals surface area contributed by atoms with Crippen molar-refractivity contribution in [3.63, 3.8) is 0 Å². The molecule has 0 bridgehead atoms. The number of amides is 2. The third-order valence-electron chi connectivity index (χ3n) is 4.10. The average Bonchev–Trinajstić information content (AvgIpc) is 2.90. The van der Waals surface area contributed by atoms with E-state index in [1.807, 2.05) is 31.2 Å². The van der Waals surface area contributed by atoms with Crippen LogP contribution in [0, 0.1) is 0 Å². The predicted octanol–water partition coefficient (Wildman–Crippen LogP) is 2.81. The standard InChI is InChI=1S/C20H19NO5/c1-2-25-17-10-6-3-7-14(17)11-12-18(22)26-13-21-19(23)15-8-4-5-9-16(15)20(21)24/h3-10H,2,11-13H2,1H3. The van der Waals surface area contributed by atoms with E-state index in [0.29, 0.717) is 24.2 Å². The molecule has 0 saturated carbocycles.